The second-order valence-electron chi connectivity index (χ2n) is 4.51. The first-order chi connectivity index (χ1) is 8.22. The zero-order chi connectivity index (χ0) is 12.5. The highest BCUT2D eigenvalue weighted by Gasteiger charge is 2.15. The van der Waals surface area contributed by atoms with E-state index < -0.39 is 0 Å². The van der Waals surface area contributed by atoms with Crippen molar-refractivity contribution in [3.63, 3.8) is 0 Å². The van der Waals surface area contributed by atoms with Gasteiger partial charge < -0.3 is 15.0 Å². The van der Waals surface area contributed by atoms with Crippen molar-refractivity contribution in [1.29, 1.82) is 0 Å². The van der Waals surface area contributed by atoms with Gasteiger partial charge in [0.05, 0.1) is 0 Å². The van der Waals surface area contributed by atoms with Crippen LogP contribution < -0.4 is 5.32 Å². The fourth-order valence-corrected chi connectivity index (χ4v) is 2.06. The third-order valence-electron chi connectivity index (χ3n) is 3.09. The molecular weight excluding hydrogens is 218 g/mol. The smallest absolute Gasteiger partial charge is 0.216 e. The Morgan fingerprint density at radius 1 is 1.18 bits per heavy atom. The highest BCUT2D eigenvalue weighted by Crippen LogP contribution is 2.01. The van der Waals surface area contributed by atoms with Crippen LogP contribution in [0.4, 0.5) is 0 Å². The maximum atomic E-state index is 10.7. The summed E-state index contributed by atoms with van der Waals surface area (Å²) in [4.78, 5) is 15.6. The number of methoxy groups -OCH3 is 1. The third kappa shape index (κ3) is 6.61. The topological polar surface area (TPSA) is 44.8 Å². The summed E-state index contributed by atoms with van der Waals surface area (Å²) >= 11 is 0. The van der Waals surface area contributed by atoms with Gasteiger partial charge in [0.2, 0.25) is 5.91 Å². The van der Waals surface area contributed by atoms with E-state index in [9.17, 15) is 4.79 Å². The maximum Gasteiger partial charge on any atom is 0.216 e. The summed E-state index contributed by atoms with van der Waals surface area (Å²) in [6.07, 6.45) is 1.11. The Labute approximate surface area is 104 Å². The minimum Gasteiger partial charge on any atom is -0.385 e. The molecule has 100 valence electrons. The number of nitrogens with zero attached hydrogens (tertiary/aromatic N) is 2. The molecule has 5 nitrogen and oxygen atoms in total. The highest BCUT2D eigenvalue weighted by molar-refractivity contribution is 5.72. The molecule has 0 radical (unpaired) electrons. The van der Waals surface area contributed by atoms with Gasteiger partial charge in [-0.3, -0.25) is 9.69 Å². The molecule has 0 bridgehead atoms. The van der Waals surface area contributed by atoms with Crippen LogP contribution in [0.3, 0.4) is 0 Å². The molecule has 1 heterocycles. The monoisotopic (exact) mass is 243 g/mol. The van der Waals surface area contributed by atoms with Crippen LogP contribution in [0.2, 0.25) is 0 Å². The van der Waals surface area contributed by atoms with Gasteiger partial charge in [0, 0.05) is 66.5 Å². The van der Waals surface area contributed by atoms with E-state index in [0.29, 0.717) is 0 Å². The van der Waals surface area contributed by atoms with Crippen LogP contribution in [-0.2, 0) is 9.53 Å². The number of amides is 1. The molecule has 0 saturated carbocycles. The minimum absolute atomic E-state index is 0.0585. The number of piperazine rings is 1. The molecule has 1 aliphatic rings. The van der Waals surface area contributed by atoms with Crippen molar-refractivity contribution in [1.82, 2.24) is 15.1 Å². The number of ether oxygens (including phenoxy) is 1. The zero-order valence-corrected chi connectivity index (χ0v) is 11.1. The molecule has 0 aromatic carbocycles. The van der Waals surface area contributed by atoms with E-state index >= 15 is 0 Å². The first-order valence-corrected chi connectivity index (χ1v) is 6.40. The van der Waals surface area contributed by atoms with Gasteiger partial charge in [0.25, 0.3) is 0 Å². The van der Waals surface area contributed by atoms with Crippen molar-refractivity contribution in [3.8, 4) is 0 Å². The molecule has 0 unspecified atom stereocenters. The van der Waals surface area contributed by atoms with Gasteiger partial charge in [-0.05, 0) is 6.42 Å². The summed E-state index contributed by atoms with van der Waals surface area (Å²) in [7, 11) is 1.75. The van der Waals surface area contributed by atoms with Crippen LogP contribution in [0.5, 0.6) is 0 Å². The maximum absolute atomic E-state index is 10.7. The quantitative estimate of drug-likeness (QED) is 0.628. The van der Waals surface area contributed by atoms with Gasteiger partial charge in [0.15, 0.2) is 0 Å². The Hall–Kier alpha value is -0.650. The van der Waals surface area contributed by atoms with Gasteiger partial charge in [0.1, 0.15) is 0 Å². The second-order valence-corrected chi connectivity index (χ2v) is 4.51. The van der Waals surface area contributed by atoms with Gasteiger partial charge >= 0.3 is 0 Å². The fourth-order valence-electron chi connectivity index (χ4n) is 2.06. The van der Waals surface area contributed by atoms with Gasteiger partial charge in [-0.15, -0.1) is 0 Å². The molecular formula is C12H25N3O2. The van der Waals surface area contributed by atoms with Crippen molar-refractivity contribution in [2.24, 2.45) is 0 Å². The Kier molecular flexibility index (Phi) is 7.16. The predicted molar refractivity (Wildman–Crippen MR) is 68.1 cm³/mol. The number of hydrogen-bond donors (Lipinski definition) is 1. The van der Waals surface area contributed by atoms with Crippen molar-refractivity contribution in [2.75, 3.05) is 59.5 Å². The normalized spacial score (nSPS) is 18.2. The third-order valence-corrected chi connectivity index (χ3v) is 3.09. The largest absolute Gasteiger partial charge is 0.385 e. The van der Waals surface area contributed by atoms with Gasteiger partial charge in [-0.1, -0.05) is 0 Å². The van der Waals surface area contributed by atoms with Crippen molar-refractivity contribution in [2.45, 2.75) is 13.3 Å². The van der Waals surface area contributed by atoms with Gasteiger partial charge in [-0.2, -0.15) is 0 Å². The SMILES string of the molecule is COCCCN1CCN(CCNC(C)=O)CC1. The van der Waals surface area contributed by atoms with E-state index in [4.69, 9.17) is 4.74 Å². The first kappa shape index (κ1) is 14.4. The lowest BCUT2D eigenvalue weighted by atomic mass is 10.3. The summed E-state index contributed by atoms with van der Waals surface area (Å²) in [5.41, 5.74) is 0. The average molecular weight is 243 g/mol. The number of rotatable bonds is 7. The predicted octanol–water partition coefficient (Wildman–Crippen LogP) is -0.223. The number of carbonyl (C=O) groups is 1. The molecule has 17 heavy (non-hydrogen) atoms. The average Bonchev–Trinajstić information content (AvgIpc) is 2.31. The second kappa shape index (κ2) is 8.44. The Morgan fingerprint density at radius 2 is 1.76 bits per heavy atom. The zero-order valence-electron chi connectivity index (χ0n) is 11.1. The van der Waals surface area contributed by atoms with Crippen molar-refractivity contribution >= 4 is 5.91 Å². The Bertz CT molecular complexity index is 216. The van der Waals surface area contributed by atoms with Crippen LogP contribution in [0, 0.1) is 0 Å². The molecule has 0 aromatic rings. The fraction of sp³-hybridized carbons (Fsp3) is 0.917. The lowest BCUT2D eigenvalue weighted by Crippen LogP contribution is -2.48. The van der Waals surface area contributed by atoms with Gasteiger partial charge in [-0.25, -0.2) is 0 Å². The molecule has 0 atom stereocenters. The molecule has 1 saturated heterocycles. The summed E-state index contributed by atoms with van der Waals surface area (Å²) in [6, 6.07) is 0. The standard InChI is InChI=1S/C12H25N3O2/c1-12(16)13-4-6-15-9-7-14(8-10-15)5-3-11-17-2/h3-11H2,1-2H3,(H,13,16). The first-order valence-electron chi connectivity index (χ1n) is 6.40. The van der Waals surface area contributed by atoms with E-state index in [1.165, 1.54) is 0 Å². The molecule has 0 spiro atoms. The minimum atomic E-state index is 0.0585. The van der Waals surface area contributed by atoms with Crippen LogP contribution >= 0.6 is 0 Å². The summed E-state index contributed by atoms with van der Waals surface area (Å²) in [5, 5.41) is 2.84. The molecule has 1 aliphatic heterocycles. The number of nitrogens with one attached hydrogen (secondary N) is 1. The molecule has 1 fully saturated rings. The van der Waals surface area contributed by atoms with Crippen LogP contribution in [0.1, 0.15) is 13.3 Å². The number of carbonyl (C=O) groups excluding carboxylic acids is 1. The molecule has 0 aliphatic carbocycles. The van der Waals surface area contributed by atoms with Crippen LogP contribution in [-0.4, -0.2) is 75.2 Å². The van der Waals surface area contributed by atoms with E-state index in [1.807, 2.05) is 0 Å². The van der Waals surface area contributed by atoms with Crippen molar-refractivity contribution in [3.05, 3.63) is 0 Å². The summed E-state index contributed by atoms with van der Waals surface area (Å²) in [6.45, 7) is 9.74. The summed E-state index contributed by atoms with van der Waals surface area (Å²) < 4.78 is 5.05. The molecule has 1 rings (SSSR count). The van der Waals surface area contributed by atoms with Crippen molar-refractivity contribution < 1.29 is 9.53 Å². The van der Waals surface area contributed by atoms with E-state index in [-0.39, 0.29) is 5.91 Å². The van der Waals surface area contributed by atoms with Crippen LogP contribution in [0.15, 0.2) is 0 Å². The summed E-state index contributed by atoms with van der Waals surface area (Å²) in [5.74, 6) is 0.0585. The Morgan fingerprint density at radius 3 is 2.29 bits per heavy atom. The van der Waals surface area contributed by atoms with Crippen LogP contribution in [0.25, 0.3) is 0 Å². The molecule has 0 aromatic heterocycles. The van der Waals surface area contributed by atoms with E-state index in [0.717, 1.165) is 58.8 Å². The van der Waals surface area contributed by atoms with E-state index in [1.54, 1.807) is 14.0 Å². The Balaban J connectivity index is 2.03. The lowest BCUT2D eigenvalue weighted by molar-refractivity contribution is -0.119. The molecule has 1 N–H and O–H groups in total. The van der Waals surface area contributed by atoms with E-state index in [2.05, 4.69) is 15.1 Å². The lowest BCUT2D eigenvalue weighted by Gasteiger charge is -2.34. The highest BCUT2D eigenvalue weighted by atomic mass is 16.5. The molecule has 5 heteroatoms. The molecule has 1 amide bonds. The number of hydrogen-bond acceptors (Lipinski definition) is 4.